The van der Waals surface area contributed by atoms with Gasteiger partial charge in [0.25, 0.3) is 0 Å². The molecule has 126 valence electrons. The number of hydrogen-bond donors (Lipinski definition) is 0. The number of nitrogens with zero attached hydrogens (tertiary/aromatic N) is 2. The molecule has 0 heterocycles. The summed E-state index contributed by atoms with van der Waals surface area (Å²) in [4.78, 5) is 0. The predicted octanol–water partition coefficient (Wildman–Crippen LogP) is 5.75. The first-order chi connectivity index (χ1) is 12.4. The van der Waals surface area contributed by atoms with Gasteiger partial charge in [0.05, 0.1) is 11.4 Å². The fourth-order valence-corrected chi connectivity index (χ4v) is 2.74. The molecule has 0 aliphatic carbocycles. The molecule has 0 bridgehead atoms. The summed E-state index contributed by atoms with van der Waals surface area (Å²) in [5, 5.41) is 7.20. The predicted molar refractivity (Wildman–Crippen MR) is 107 cm³/mol. The van der Waals surface area contributed by atoms with Gasteiger partial charge in [-0.2, -0.15) is 5.10 Å². The van der Waals surface area contributed by atoms with Gasteiger partial charge >= 0.3 is 0 Å². The lowest BCUT2D eigenvalue weighted by atomic mass is 10.0. The molecule has 0 N–H and O–H groups in total. The monoisotopic (exact) mass is 328 g/mol. The molecule has 0 aromatic heterocycles. The van der Waals surface area contributed by atoms with E-state index in [4.69, 9.17) is 5.10 Å². The molecular weight excluding hydrogens is 304 g/mol. The van der Waals surface area contributed by atoms with Crippen LogP contribution < -0.4 is 5.01 Å². The van der Waals surface area contributed by atoms with E-state index in [2.05, 4.69) is 84.7 Å². The quantitative estimate of drug-likeness (QED) is 0.398. The van der Waals surface area contributed by atoms with Gasteiger partial charge in [0.15, 0.2) is 0 Å². The maximum absolute atomic E-state index is 5.07. The summed E-state index contributed by atoms with van der Waals surface area (Å²) in [5.41, 5.74) is 4.39. The topological polar surface area (TPSA) is 15.6 Å². The van der Waals surface area contributed by atoms with E-state index < -0.39 is 0 Å². The van der Waals surface area contributed by atoms with E-state index in [-0.39, 0.29) is 0 Å². The van der Waals surface area contributed by atoms with E-state index in [1.807, 2.05) is 18.2 Å². The van der Waals surface area contributed by atoms with Crippen LogP contribution in [0.1, 0.15) is 30.9 Å². The van der Waals surface area contributed by atoms with Crippen molar-refractivity contribution in [1.82, 2.24) is 0 Å². The molecule has 2 nitrogen and oxygen atoms in total. The fourth-order valence-electron chi connectivity index (χ4n) is 2.74. The molecule has 25 heavy (non-hydrogen) atoms. The van der Waals surface area contributed by atoms with Crippen LogP contribution in [0.2, 0.25) is 0 Å². The highest BCUT2D eigenvalue weighted by Gasteiger charge is 2.11. The SMILES string of the molecule is CCCCN(N=C(c1ccccc1)c1ccccc1)c1ccccc1. The second kappa shape index (κ2) is 8.84. The van der Waals surface area contributed by atoms with Gasteiger partial charge < -0.3 is 0 Å². The number of rotatable bonds is 7. The minimum atomic E-state index is 0.906. The molecule has 0 fully saturated rings. The molecule has 2 heteroatoms. The van der Waals surface area contributed by atoms with Crippen molar-refractivity contribution in [2.75, 3.05) is 11.6 Å². The number of hydrogen-bond acceptors (Lipinski definition) is 2. The Labute approximate surface area is 150 Å². The Morgan fingerprint density at radius 3 is 1.68 bits per heavy atom. The molecule has 0 atom stereocenters. The lowest BCUT2D eigenvalue weighted by Gasteiger charge is -2.21. The molecule has 3 aromatic rings. The third-order valence-corrected chi connectivity index (χ3v) is 4.09. The zero-order chi connectivity index (χ0) is 17.3. The van der Waals surface area contributed by atoms with Gasteiger partial charge in [-0.15, -0.1) is 0 Å². The highest BCUT2D eigenvalue weighted by atomic mass is 15.5. The van der Waals surface area contributed by atoms with Crippen molar-refractivity contribution >= 4 is 11.4 Å². The van der Waals surface area contributed by atoms with Crippen molar-refractivity contribution in [1.29, 1.82) is 0 Å². The van der Waals surface area contributed by atoms with Gasteiger partial charge in [-0.25, -0.2) is 0 Å². The second-order valence-electron chi connectivity index (χ2n) is 5.99. The average molecular weight is 328 g/mol. The van der Waals surface area contributed by atoms with Gasteiger partial charge in [0.1, 0.15) is 0 Å². The van der Waals surface area contributed by atoms with Gasteiger partial charge in [-0.05, 0) is 18.6 Å². The van der Waals surface area contributed by atoms with Crippen LogP contribution in [0.25, 0.3) is 0 Å². The summed E-state index contributed by atoms with van der Waals surface area (Å²) in [5.74, 6) is 0. The first-order valence-electron chi connectivity index (χ1n) is 8.90. The summed E-state index contributed by atoms with van der Waals surface area (Å²) >= 11 is 0. The Morgan fingerprint density at radius 2 is 1.20 bits per heavy atom. The van der Waals surface area contributed by atoms with Crippen LogP contribution in [-0.2, 0) is 0 Å². The molecule has 3 aromatic carbocycles. The molecule has 0 aliphatic heterocycles. The molecule has 0 radical (unpaired) electrons. The Bertz CT molecular complexity index is 739. The molecule has 0 spiro atoms. The van der Waals surface area contributed by atoms with Crippen LogP contribution in [0, 0.1) is 0 Å². The summed E-state index contributed by atoms with van der Waals surface area (Å²) in [6, 6.07) is 31.2. The maximum atomic E-state index is 5.07. The van der Waals surface area contributed by atoms with Gasteiger partial charge in [0, 0.05) is 17.7 Å². The van der Waals surface area contributed by atoms with Crippen LogP contribution in [0.4, 0.5) is 5.69 Å². The van der Waals surface area contributed by atoms with E-state index in [0.29, 0.717) is 0 Å². The number of unbranched alkanes of at least 4 members (excludes halogenated alkanes) is 1. The van der Waals surface area contributed by atoms with Crippen molar-refractivity contribution in [3.8, 4) is 0 Å². The summed E-state index contributed by atoms with van der Waals surface area (Å²) < 4.78 is 0. The molecule has 0 amide bonds. The van der Waals surface area contributed by atoms with E-state index in [9.17, 15) is 0 Å². The standard InChI is InChI=1S/C23H24N2/c1-2-3-19-25(22-17-11-6-12-18-22)24-23(20-13-7-4-8-14-20)21-15-9-5-10-16-21/h4-18H,2-3,19H2,1H3. The lowest BCUT2D eigenvalue weighted by molar-refractivity contribution is 0.740. The average Bonchev–Trinajstić information content (AvgIpc) is 2.70. The smallest absolute Gasteiger partial charge is 0.0980 e. The van der Waals surface area contributed by atoms with E-state index >= 15 is 0 Å². The Hall–Kier alpha value is -2.87. The maximum Gasteiger partial charge on any atom is 0.0980 e. The van der Waals surface area contributed by atoms with Gasteiger partial charge in [0.2, 0.25) is 0 Å². The molecule has 0 aliphatic rings. The Kier molecular flexibility index (Phi) is 6.00. The zero-order valence-electron chi connectivity index (χ0n) is 14.7. The molecule has 0 unspecified atom stereocenters. The van der Waals surface area contributed by atoms with Crippen molar-refractivity contribution in [3.63, 3.8) is 0 Å². The Morgan fingerprint density at radius 1 is 0.720 bits per heavy atom. The van der Waals surface area contributed by atoms with Crippen molar-refractivity contribution in [3.05, 3.63) is 102 Å². The Balaban J connectivity index is 2.05. The first kappa shape index (κ1) is 17.0. The van der Waals surface area contributed by atoms with Crippen molar-refractivity contribution in [2.24, 2.45) is 5.10 Å². The zero-order valence-corrected chi connectivity index (χ0v) is 14.7. The van der Waals surface area contributed by atoms with Gasteiger partial charge in [-0.1, -0.05) is 92.2 Å². The molecular formula is C23H24N2. The number of anilines is 1. The summed E-state index contributed by atoms with van der Waals surface area (Å²) in [6.07, 6.45) is 2.25. The van der Waals surface area contributed by atoms with E-state index in [0.717, 1.165) is 41.9 Å². The van der Waals surface area contributed by atoms with Crippen molar-refractivity contribution in [2.45, 2.75) is 19.8 Å². The van der Waals surface area contributed by atoms with E-state index in [1.165, 1.54) is 0 Å². The van der Waals surface area contributed by atoms with Crippen LogP contribution >= 0.6 is 0 Å². The van der Waals surface area contributed by atoms with Gasteiger partial charge in [-0.3, -0.25) is 5.01 Å². The minimum absolute atomic E-state index is 0.906. The van der Waals surface area contributed by atoms with E-state index in [1.54, 1.807) is 0 Å². The molecule has 0 saturated carbocycles. The number of hydrazone groups is 1. The fraction of sp³-hybridized carbons (Fsp3) is 0.174. The molecule has 0 saturated heterocycles. The third-order valence-electron chi connectivity index (χ3n) is 4.09. The normalized spacial score (nSPS) is 10.3. The minimum Gasteiger partial charge on any atom is -0.265 e. The van der Waals surface area contributed by atoms with Crippen molar-refractivity contribution < 1.29 is 0 Å². The van der Waals surface area contributed by atoms with Crippen LogP contribution in [0.15, 0.2) is 96.1 Å². The molecule has 3 rings (SSSR count). The third kappa shape index (κ3) is 4.57. The second-order valence-corrected chi connectivity index (χ2v) is 5.99. The summed E-state index contributed by atoms with van der Waals surface area (Å²) in [6.45, 7) is 3.12. The highest BCUT2D eigenvalue weighted by molar-refractivity contribution is 6.13. The number of para-hydroxylation sites is 1. The van der Waals surface area contributed by atoms with Crippen LogP contribution in [0.3, 0.4) is 0 Å². The summed E-state index contributed by atoms with van der Waals surface area (Å²) in [7, 11) is 0. The number of benzene rings is 3. The van der Waals surface area contributed by atoms with Crippen LogP contribution in [-0.4, -0.2) is 12.3 Å². The van der Waals surface area contributed by atoms with Crippen LogP contribution in [0.5, 0.6) is 0 Å². The lowest BCUT2D eigenvalue weighted by Crippen LogP contribution is -2.21. The largest absolute Gasteiger partial charge is 0.265 e. The highest BCUT2D eigenvalue weighted by Crippen LogP contribution is 2.18. The first-order valence-corrected chi connectivity index (χ1v) is 8.90.